The van der Waals surface area contributed by atoms with Crippen LogP contribution in [-0.4, -0.2) is 23.4 Å². The number of carbonyl (C=O) groups is 1. The number of nitrogens with two attached hydrogens (primary N) is 1. The lowest BCUT2D eigenvalue weighted by molar-refractivity contribution is -0.132. The Morgan fingerprint density at radius 2 is 2.32 bits per heavy atom. The van der Waals surface area contributed by atoms with Crippen LogP contribution >= 0.6 is 23.7 Å². The quantitative estimate of drug-likeness (QED) is 0.909. The Hall–Kier alpha value is -0.580. The molecule has 0 bridgehead atoms. The number of carbonyl (C=O) groups excluding carboxylic acids is 1. The molecule has 0 spiro atoms. The standard InChI is InChI=1S/C14H22N2OS.ClH/c1-2-16(10-12-6-4-8-18-12)14(17)9-11-5-3-7-13(11)15;/h4,6,8,11,13H,2-3,5,7,9-10,15H2,1H3;1H/t11-,13+;/m0./s1. The zero-order valence-corrected chi connectivity index (χ0v) is 13.0. The van der Waals surface area contributed by atoms with Gasteiger partial charge in [-0.1, -0.05) is 12.5 Å². The highest BCUT2D eigenvalue weighted by Crippen LogP contribution is 2.27. The van der Waals surface area contributed by atoms with Gasteiger partial charge in [0.2, 0.25) is 5.91 Å². The van der Waals surface area contributed by atoms with Crippen molar-refractivity contribution >= 4 is 29.7 Å². The summed E-state index contributed by atoms with van der Waals surface area (Å²) < 4.78 is 0. The second-order valence-electron chi connectivity index (χ2n) is 5.05. The molecule has 19 heavy (non-hydrogen) atoms. The maximum atomic E-state index is 12.3. The smallest absolute Gasteiger partial charge is 0.223 e. The van der Waals surface area contributed by atoms with Gasteiger partial charge in [-0.25, -0.2) is 0 Å². The van der Waals surface area contributed by atoms with Crippen molar-refractivity contribution in [2.24, 2.45) is 11.7 Å². The van der Waals surface area contributed by atoms with Crippen molar-refractivity contribution in [1.82, 2.24) is 4.90 Å². The predicted molar refractivity (Wildman–Crippen MR) is 82.6 cm³/mol. The fraction of sp³-hybridized carbons (Fsp3) is 0.643. The first-order valence-corrected chi connectivity index (χ1v) is 7.64. The Kier molecular flexibility index (Phi) is 6.83. The van der Waals surface area contributed by atoms with E-state index in [0.717, 1.165) is 25.9 Å². The first-order valence-electron chi connectivity index (χ1n) is 6.76. The Labute approximate surface area is 125 Å². The third-order valence-electron chi connectivity index (χ3n) is 3.82. The topological polar surface area (TPSA) is 46.3 Å². The molecule has 0 aliphatic heterocycles. The van der Waals surface area contributed by atoms with Crippen LogP contribution in [0, 0.1) is 5.92 Å². The molecular weight excluding hydrogens is 280 g/mol. The van der Waals surface area contributed by atoms with Gasteiger partial charge in [-0.15, -0.1) is 23.7 Å². The van der Waals surface area contributed by atoms with Gasteiger partial charge in [-0.05, 0) is 37.1 Å². The third-order valence-corrected chi connectivity index (χ3v) is 4.68. The van der Waals surface area contributed by atoms with Crippen molar-refractivity contribution in [3.05, 3.63) is 22.4 Å². The number of hydrogen-bond donors (Lipinski definition) is 1. The van der Waals surface area contributed by atoms with Crippen molar-refractivity contribution in [1.29, 1.82) is 0 Å². The van der Waals surface area contributed by atoms with Gasteiger partial charge in [0.05, 0.1) is 6.54 Å². The van der Waals surface area contributed by atoms with Crippen molar-refractivity contribution in [3.63, 3.8) is 0 Å². The fourth-order valence-corrected chi connectivity index (χ4v) is 3.36. The first-order chi connectivity index (χ1) is 8.70. The molecule has 1 saturated carbocycles. The molecule has 0 aromatic carbocycles. The Bertz CT molecular complexity index is 383. The number of hydrogen-bond acceptors (Lipinski definition) is 3. The van der Waals surface area contributed by atoms with Gasteiger partial charge in [0, 0.05) is 23.9 Å². The first kappa shape index (κ1) is 16.5. The Balaban J connectivity index is 0.00000180. The number of thiophene rings is 1. The zero-order chi connectivity index (χ0) is 13.0. The van der Waals surface area contributed by atoms with Crippen LogP contribution in [0.3, 0.4) is 0 Å². The highest BCUT2D eigenvalue weighted by atomic mass is 35.5. The molecule has 2 rings (SSSR count). The number of halogens is 1. The molecule has 0 radical (unpaired) electrons. The molecule has 1 aromatic heterocycles. The monoisotopic (exact) mass is 302 g/mol. The fourth-order valence-electron chi connectivity index (χ4n) is 2.64. The van der Waals surface area contributed by atoms with Crippen LogP contribution < -0.4 is 5.73 Å². The van der Waals surface area contributed by atoms with Gasteiger partial charge >= 0.3 is 0 Å². The van der Waals surface area contributed by atoms with Gasteiger partial charge in [-0.2, -0.15) is 0 Å². The van der Waals surface area contributed by atoms with Crippen molar-refractivity contribution in [3.8, 4) is 0 Å². The van der Waals surface area contributed by atoms with Crippen LogP contribution in [0.2, 0.25) is 0 Å². The van der Waals surface area contributed by atoms with Gasteiger partial charge < -0.3 is 10.6 Å². The zero-order valence-electron chi connectivity index (χ0n) is 11.4. The molecule has 1 heterocycles. The van der Waals surface area contributed by atoms with Gasteiger partial charge in [0.15, 0.2) is 0 Å². The number of amides is 1. The van der Waals surface area contributed by atoms with E-state index < -0.39 is 0 Å². The van der Waals surface area contributed by atoms with Gasteiger partial charge in [0.25, 0.3) is 0 Å². The van der Waals surface area contributed by atoms with E-state index in [4.69, 9.17) is 5.73 Å². The van der Waals surface area contributed by atoms with Crippen molar-refractivity contribution in [2.45, 2.75) is 45.2 Å². The average molecular weight is 303 g/mol. The second-order valence-corrected chi connectivity index (χ2v) is 6.08. The summed E-state index contributed by atoms with van der Waals surface area (Å²) in [6, 6.07) is 4.35. The van der Waals surface area contributed by atoms with Crippen LogP contribution in [0.4, 0.5) is 0 Å². The van der Waals surface area contributed by atoms with E-state index in [1.165, 1.54) is 11.3 Å². The van der Waals surface area contributed by atoms with Gasteiger partial charge in [0.1, 0.15) is 0 Å². The molecular formula is C14H23ClN2OS. The van der Waals surface area contributed by atoms with E-state index in [0.29, 0.717) is 12.3 Å². The molecule has 5 heteroatoms. The van der Waals surface area contributed by atoms with E-state index in [9.17, 15) is 4.79 Å². The maximum absolute atomic E-state index is 12.3. The van der Waals surface area contributed by atoms with E-state index in [1.807, 2.05) is 17.9 Å². The summed E-state index contributed by atoms with van der Waals surface area (Å²) in [7, 11) is 0. The van der Waals surface area contributed by atoms with Crippen molar-refractivity contribution < 1.29 is 4.79 Å². The average Bonchev–Trinajstić information content (AvgIpc) is 2.99. The van der Waals surface area contributed by atoms with E-state index in [2.05, 4.69) is 11.4 Å². The Morgan fingerprint density at radius 1 is 1.53 bits per heavy atom. The minimum absolute atomic E-state index is 0. The lowest BCUT2D eigenvalue weighted by Gasteiger charge is -2.23. The normalized spacial score (nSPS) is 22.0. The van der Waals surface area contributed by atoms with E-state index >= 15 is 0 Å². The summed E-state index contributed by atoms with van der Waals surface area (Å²) in [6.45, 7) is 3.56. The van der Waals surface area contributed by atoms with Gasteiger partial charge in [-0.3, -0.25) is 4.79 Å². The van der Waals surface area contributed by atoms with Crippen LogP contribution in [-0.2, 0) is 11.3 Å². The molecule has 1 amide bonds. The van der Waals surface area contributed by atoms with Crippen molar-refractivity contribution in [2.75, 3.05) is 6.54 Å². The molecule has 3 nitrogen and oxygen atoms in total. The maximum Gasteiger partial charge on any atom is 0.223 e. The molecule has 1 aliphatic rings. The second kappa shape index (κ2) is 7.88. The molecule has 108 valence electrons. The summed E-state index contributed by atoms with van der Waals surface area (Å²) in [5, 5.41) is 2.06. The lowest BCUT2D eigenvalue weighted by Crippen LogP contribution is -2.34. The summed E-state index contributed by atoms with van der Waals surface area (Å²) in [4.78, 5) is 15.5. The molecule has 2 N–H and O–H groups in total. The SMILES string of the molecule is CCN(Cc1cccs1)C(=O)C[C@@H]1CCC[C@H]1N.Cl. The number of rotatable bonds is 5. The van der Waals surface area contributed by atoms with E-state index in [1.54, 1.807) is 11.3 Å². The minimum Gasteiger partial charge on any atom is -0.338 e. The highest BCUT2D eigenvalue weighted by Gasteiger charge is 2.27. The summed E-state index contributed by atoms with van der Waals surface area (Å²) in [5.41, 5.74) is 6.04. The summed E-state index contributed by atoms with van der Waals surface area (Å²) in [5.74, 6) is 0.656. The molecule has 2 atom stereocenters. The molecule has 0 unspecified atom stereocenters. The lowest BCUT2D eigenvalue weighted by atomic mass is 9.99. The summed E-state index contributed by atoms with van der Waals surface area (Å²) >= 11 is 1.71. The van der Waals surface area contributed by atoms with E-state index in [-0.39, 0.29) is 24.4 Å². The van der Waals surface area contributed by atoms with Crippen LogP contribution in [0.1, 0.15) is 37.5 Å². The summed E-state index contributed by atoms with van der Waals surface area (Å²) in [6.07, 6.45) is 4.00. The largest absolute Gasteiger partial charge is 0.338 e. The van der Waals surface area contributed by atoms with Crippen LogP contribution in [0.5, 0.6) is 0 Å². The third kappa shape index (κ3) is 4.48. The van der Waals surface area contributed by atoms with Crippen LogP contribution in [0.25, 0.3) is 0 Å². The molecule has 1 aliphatic carbocycles. The Morgan fingerprint density at radius 3 is 2.84 bits per heavy atom. The minimum atomic E-state index is 0. The highest BCUT2D eigenvalue weighted by molar-refractivity contribution is 7.09. The molecule has 1 fully saturated rings. The molecule has 1 aromatic rings. The molecule has 0 saturated heterocycles. The van der Waals surface area contributed by atoms with Crippen LogP contribution in [0.15, 0.2) is 17.5 Å². The predicted octanol–water partition coefficient (Wildman–Crippen LogP) is 3.04. The number of nitrogens with zero attached hydrogens (tertiary/aromatic N) is 1.